The first-order valence-electron chi connectivity index (χ1n) is 5.99. The molecule has 0 saturated carbocycles. The summed E-state index contributed by atoms with van der Waals surface area (Å²) in [4.78, 5) is 4.50. The predicted molar refractivity (Wildman–Crippen MR) is 65.6 cm³/mol. The molecule has 2 aromatic rings. The molecule has 1 aromatic heterocycles. The van der Waals surface area contributed by atoms with Crippen LogP contribution in [0.5, 0.6) is 0 Å². The van der Waals surface area contributed by atoms with Gasteiger partial charge in [0.15, 0.2) is 0 Å². The van der Waals surface area contributed by atoms with Crippen molar-refractivity contribution in [1.29, 1.82) is 0 Å². The number of para-hydroxylation sites is 1. The van der Waals surface area contributed by atoms with E-state index in [0.29, 0.717) is 6.04 Å². The standard InChI is InChI=1S/C13H17N3/c1-10-3-2-4-12-13(10)16(9-15-12)11-5-7-14-8-6-11/h2-4,9,11,14H,5-8H2,1H3. The second-order valence-electron chi connectivity index (χ2n) is 4.58. The molecule has 0 aliphatic carbocycles. The van der Waals surface area contributed by atoms with Gasteiger partial charge in [-0.1, -0.05) is 12.1 Å². The van der Waals surface area contributed by atoms with Crippen LogP contribution in [-0.2, 0) is 0 Å². The van der Waals surface area contributed by atoms with Gasteiger partial charge < -0.3 is 9.88 Å². The van der Waals surface area contributed by atoms with Crippen molar-refractivity contribution in [3.8, 4) is 0 Å². The summed E-state index contributed by atoms with van der Waals surface area (Å²) in [6, 6.07) is 6.96. The molecule has 16 heavy (non-hydrogen) atoms. The summed E-state index contributed by atoms with van der Waals surface area (Å²) in [7, 11) is 0. The van der Waals surface area contributed by atoms with Crippen molar-refractivity contribution < 1.29 is 0 Å². The summed E-state index contributed by atoms with van der Waals surface area (Å²) in [6.07, 6.45) is 4.42. The first-order chi connectivity index (χ1) is 7.86. The molecule has 1 aromatic carbocycles. The zero-order valence-corrected chi connectivity index (χ0v) is 9.61. The van der Waals surface area contributed by atoms with Crippen molar-refractivity contribution >= 4 is 11.0 Å². The number of fused-ring (bicyclic) bond motifs is 1. The molecule has 1 N–H and O–H groups in total. The highest BCUT2D eigenvalue weighted by molar-refractivity contribution is 5.78. The fraction of sp³-hybridized carbons (Fsp3) is 0.462. The zero-order chi connectivity index (χ0) is 11.0. The highest BCUT2D eigenvalue weighted by Gasteiger charge is 2.17. The maximum absolute atomic E-state index is 4.50. The van der Waals surface area contributed by atoms with E-state index < -0.39 is 0 Å². The van der Waals surface area contributed by atoms with E-state index in [4.69, 9.17) is 0 Å². The second kappa shape index (κ2) is 3.91. The molecule has 3 rings (SSSR count). The van der Waals surface area contributed by atoms with E-state index in [1.807, 2.05) is 6.33 Å². The Balaban J connectivity index is 2.09. The van der Waals surface area contributed by atoms with Crippen LogP contribution in [0.2, 0.25) is 0 Å². The van der Waals surface area contributed by atoms with Gasteiger partial charge in [-0.2, -0.15) is 0 Å². The monoisotopic (exact) mass is 215 g/mol. The summed E-state index contributed by atoms with van der Waals surface area (Å²) in [5.74, 6) is 0. The smallest absolute Gasteiger partial charge is 0.0961 e. The van der Waals surface area contributed by atoms with Crippen LogP contribution in [0, 0.1) is 6.92 Å². The van der Waals surface area contributed by atoms with Crippen molar-refractivity contribution in [2.75, 3.05) is 13.1 Å². The molecule has 0 unspecified atom stereocenters. The third-order valence-corrected chi connectivity index (χ3v) is 3.50. The number of aromatic nitrogens is 2. The van der Waals surface area contributed by atoms with Crippen molar-refractivity contribution in [2.24, 2.45) is 0 Å². The summed E-state index contributed by atoms with van der Waals surface area (Å²) in [6.45, 7) is 4.41. The molecular formula is C13H17N3. The summed E-state index contributed by atoms with van der Waals surface area (Å²) >= 11 is 0. The first kappa shape index (κ1) is 9.85. The van der Waals surface area contributed by atoms with Crippen molar-refractivity contribution in [3.05, 3.63) is 30.1 Å². The van der Waals surface area contributed by atoms with Crippen LogP contribution in [0.1, 0.15) is 24.4 Å². The van der Waals surface area contributed by atoms with Crippen molar-refractivity contribution in [1.82, 2.24) is 14.9 Å². The van der Waals surface area contributed by atoms with E-state index in [9.17, 15) is 0 Å². The number of imidazole rings is 1. The Hall–Kier alpha value is -1.35. The third-order valence-electron chi connectivity index (χ3n) is 3.50. The molecule has 3 heteroatoms. The topological polar surface area (TPSA) is 29.9 Å². The second-order valence-corrected chi connectivity index (χ2v) is 4.58. The molecule has 0 amide bonds. The number of piperidine rings is 1. The van der Waals surface area contributed by atoms with Gasteiger partial charge in [0.05, 0.1) is 17.4 Å². The van der Waals surface area contributed by atoms with Gasteiger partial charge in [-0.05, 0) is 44.5 Å². The van der Waals surface area contributed by atoms with Crippen LogP contribution < -0.4 is 5.32 Å². The van der Waals surface area contributed by atoms with Crippen LogP contribution in [0.4, 0.5) is 0 Å². The quantitative estimate of drug-likeness (QED) is 0.791. The van der Waals surface area contributed by atoms with E-state index in [2.05, 4.69) is 40.0 Å². The minimum Gasteiger partial charge on any atom is -0.327 e. The lowest BCUT2D eigenvalue weighted by molar-refractivity contribution is 0.374. The Morgan fingerprint density at radius 3 is 2.94 bits per heavy atom. The number of rotatable bonds is 1. The Kier molecular flexibility index (Phi) is 2.40. The molecule has 3 nitrogen and oxygen atoms in total. The minimum atomic E-state index is 0.618. The van der Waals surface area contributed by atoms with Crippen molar-refractivity contribution in [3.63, 3.8) is 0 Å². The molecule has 1 saturated heterocycles. The Labute approximate surface area is 95.5 Å². The third kappa shape index (κ3) is 1.52. The van der Waals surface area contributed by atoms with Gasteiger partial charge in [-0.25, -0.2) is 4.98 Å². The van der Waals surface area contributed by atoms with Gasteiger partial charge in [0, 0.05) is 6.04 Å². The molecule has 1 fully saturated rings. The molecule has 1 aliphatic rings. The van der Waals surface area contributed by atoms with Gasteiger partial charge in [0.2, 0.25) is 0 Å². The Morgan fingerprint density at radius 2 is 2.12 bits per heavy atom. The lowest BCUT2D eigenvalue weighted by atomic mass is 10.1. The van der Waals surface area contributed by atoms with E-state index in [0.717, 1.165) is 18.6 Å². The van der Waals surface area contributed by atoms with Crippen LogP contribution in [0.3, 0.4) is 0 Å². The zero-order valence-electron chi connectivity index (χ0n) is 9.61. The lowest BCUT2D eigenvalue weighted by Gasteiger charge is -2.24. The van der Waals surface area contributed by atoms with Gasteiger partial charge >= 0.3 is 0 Å². The highest BCUT2D eigenvalue weighted by Crippen LogP contribution is 2.25. The Bertz CT molecular complexity index is 495. The Morgan fingerprint density at radius 1 is 1.31 bits per heavy atom. The van der Waals surface area contributed by atoms with E-state index in [-0.39, 0.29) is 0 Å². The lowest BCUT2D eigenvalue weighted by Crippen LogP contribution is -2.29. The van der Waals surface area contributed by atoms with E-state index in [1.165, 1.54) is 23.9 Å². The fourth-order valence-electron chi connectivity index (χ4n) is 2.63. The molecule has 0 spiro atoms. The number of hydrogen-bond acceptors (Lipinski definition) is 2. The maximum Gasteiger partial charge on any atom is 0.0961 e. The number of nitrogens with zero attached hydrogens (tertiary/aromatic N) is 2. The molecule has 84 valence electrons. The summed E-state index contributed by atoms with van der Waals surface area (Å²) in [5, 5.41) is 3.41. The molecule has 1 aliphatic heterocycles. The van der Waals surface area contributed by atoms with E-state index in [1.54, 1.807) is 0 Å². The molecule has 0 bridgehead atoms. The van der Waals surface area contributed by atoms with E-state index >= 15 is 0 Å². The average molecular weight is 215 g/mol. The predicted octanol–water partition coefficient (Wildman–Crippen LogP) is 2.27. The molecule has 2 heterocycles. The molecule has 0 radical (unpaired) electrons. The largest absolute Gasteiger partial charge is 0.327 e. The number of hydrogen-bond donors (Lipinski definition) is 1. The van der Waals surface area contributed by atoms with Crippen LogP contribution in [-0.4, -0.2) is 22.6 Å². The number of nitrogens with one attached hydrogen (secondary N) is 1. The van der Waals surface area contributed by atoms with Crippen LogP contribution in [0.25, 0.3) is 11.0 Å². The average Bonchev–Trinajstić information content (AvgIpc) is 2.75. The summed E-state index contributed by atoms with van der Waals surface area (Å²) in [5.41, 5.74) is 3.77. The van der Waals surface area contributed by atoms with Crippen LogP contribution >= 0.6 is 0 Å². The van der Waals surface area contributed by atoms with Crippen LogP contribution in [0.15, 0.2) is 24.5 Å². The minimum absolute atomic E-state index is 0.618. The maximum atomic E-state index is 4.50. The van der Waals surface area contributed by atoms with Gasteiger partial charge in [0.1, 0.15) is 0 Å². The van der Waals surface area contributed by atoms with Gasteiger partial charge in [-0.15, -0.1) is 0 Å². The molecule has 0 atom stereocenters. The van der Waals surface area contributed by atoms with Gasteiger partial charge in [-0.3, -0.25) is 0 Å². The van der Waals surface area contributed by atoms with Gasteiger partial charge in [0.25, 0.3) is 0 Å². The first-order valence-corrected chi connectivity index (χ1v) is 5.99. The number of benzene rings is 1. The SMILES string of the molecule is Cc1cccc2ncn(C3CCNCC3)c12. The summed E-state index contributed by atoms with van der Waals surface area (Å²) < 4.78 is 2.37. The normalized spacial score (nSPS) is 18.1. The molecular weight excluding hydrogens is 198 g/mol. The fourth-order valence-corrected chi connectivity index (χ4v) is 2.63. The van der Waals surface area contributed by atoms with Crippen molar-refractivity contribution in [2.45, 2.75) is 25.8 Å². The number of aryl methyl sites for hydroxylation is 1. The highest BCUT2D eigenvalue weighted by atomic mass is 15.1.